The zero-order chi connectivity index (χ0) is 15.9. The van der Waals surface area contributed by atoms with Crippen molar-refractivity contribution >= 4 is 5.69 Å². The SMILES string of the molecule is OCCCN(Cc1ccc(-n2ccnc2)nc1)c1ccccc1. The first-order chi connectivity index (χ1) is 11.4. The van der Waals surface area contributed by atoms with Crippen LogP contribution < -0.4 is 4.90 Å². The van der Waals surface area contributed by atoms with Crippen LogP contribution in [0.4, 0.5) is 5.69 Å². The van der Waals surface area contributed by atoms with Crippen molar-refractivity contribution in [3.05, 3.63) is 72.9 Å². The van der Waals surface area contributed by atoms with Crippen molar-refractivity contribution in [2.24, 2.45) is 0 Å². The van der Waals surface area contributed by atoms with Crippen LogP contribution in [0.3, 0.4) is 0 Å². The summed E-state index contributed by atoms with van der Waals surface area (Å²) in [5, 5.41) is 9.12. The first-order valence-electron chi connectivity index (χ1n) is 7.71. The van der Waals surface area contributed by atoms with Crippen LogP contribution in [-0.4, -0.2) is 32.8 Å². The van der Waals surface area contributed by atoms with Crippen molar-refractivity contribution in [3.8, 4) is 5.82 Å². The van der Waals surface area contributed by atoms with Gasteiger partial charge in [0, 0.05) is 44.0 Å². The monoisotopic (exact) mass is 308 g/mol. The van der Waals surface area contributed by atoms with Crippen LogP contribution in [0.25, 0.3) is 5.82 Å². The molecule has 0 fully saturated rings. The summed E-state index contributed by atoms with van der Waals surface area (Å²) in [7, 11) is 0. The van der Waals surface area contributed by atoms with Crippen molar-refractivity contribution in [2.45, 2.75) is 13.0 Å². The summed E-state index contributed by atoms with van der Waals surface area (Å²) in [5.74, 6) is 0.855. The Morgan fingerprint density at radius 1 is 1.09 bits per heavy atom. The van der Waals surface area contributed by atoms with Gasteiger partial charge in [0.25, 0.3) is 0 Å². The Bertz CT molecular complexity index is 696. The van der Waals surface area contributed by atoms with Gasteiger partial charge in [0.1, 0.15) is 12.1 Å². The van der Waals surface area contributed by atoms with E-state index in [0.717, 1.165) is 36.6 Å². The molecule has 0 unspecified atom stereocenters. The van der Waals surface area contributed by atoms with Crippen molar-refractivity contribution in [3.63, 3.8) is 0 Å². The molecule has 0 atom stereocenters. The maximum Gasteiger partial charge on any atom is 0.137 e. The number of benzene rings is 1. The minimum atomic E-state index is 0.196. The molecule has 0 aliphatic heterocycles. The first-order valence-corrected chi connectivity index (χ1v) is 7.71. The number of aliphatic hydroxyl groups is 1. The number of imidazole rings is 1. The molecule has 0 aliphatic carbocycles. The second kappa shape index (κ2) is 7.56. The van der Waals surface area contributed by atoms with Crippen LogP contribution in [0.2, 0.25) is 0 Å². The molecule has 0 aliphatic rings. The molecular weight excluding hydrogens is 288 g/mol. The van der Waals surface area contributed by atoms with Crippen LogP contribution in [-0.2, 0) is 6.54 Å². The maximum absolute atomic E-state index is 9.12. The van der Waals surface area contributed by atoms with Gasteiger partial charge in [0.15, 0.2) is 0 Å². The molecule has 2 heterocycles. The van der Waals surface area contributed by atoms with Gasteiger partial charge in [0.05, 0.1) is 0 Å². The lowest BCUT2D eigenvalue weighted by Crippen LogP contribution is -2.24. The zero-order valence-corrected chi connectivity index (χ0v) is 12.9. The molecule has 3 aromatic rings. The molecule has 0 saturated carbocycles. The summed E-state index contributed by atoms with van der Waals surface area (Å²) in [5.41, 5.74) is 2.29. The molecule has 0 bridgehead atoms. The largest absolute Gasteiger partial charge is 0.396 e. The van der Waals surface area contributed by atoms with E-state index < -0.39 is 0 Å². The van der Waals surface area contributed by atoms with Gasteiger partial charge in [-0.3, -0.25) is 4.57 Å². The van der Waals surface area contributed by atoms with Crippen LogP contribution in [0.15, 0.2) is 67.4 Å². The highest BCUT2D eigenvalue weighted by atomic mass is 16.3. The van der Waals surface area contributed by atoms with Gasteiger partial charge in [-0.25, -0.2) is 9.97 Å². The van der Waals surface area contributed by atoms with E-state index in [1.165, 1.54) is 0 Å². The standard InChI is InChI=1S/C18H20N4O/c23-12-4-10-21(17-5-2-1-3-6-17)14-16-7-8-18(20-13-16)22-11-9-19-15-22/h1-3,5-9,11,13,15,23H,4,10,12,14H2. The average molecular weight is 308 g/mol. The fourth-order valence-electron chi connectivity index (χ4n) is 2.48. The summed E-state index contributed by atoms with van der Waals surface area (Å²) >= 11 is 0. The number of aliphatic hydroxyl groups excluding tert-OH is 1. The highest BCUT2D eigenvalue weighted by Crippen LogP contribution is 2.17. The summed E-state index contributed by atoms with van der Waals surface area (Å²) in [6, 6.07) is 14.3. The second-order valence-corrected chi connectivity index (χ2v) is 5.33. The van der Waals surface area contributed by atoms with Crippen molar-refractivity contribution < 1.29 is 5.11 Å². The molecular formula is C18H20N4O. The van der Waals surface area contributed by atoms with Gasteiger partial charge in [-0.15, -0.1) is 0 Å². The van der Waals surface area contributed by atoms with Gasteiger partial charge in [0.2, 0.25) is 0 Å². The Kier molecular flexibility index (Phi) is 5.01. The fraction of sp³-hybridized carbons (Fsp3) is 0.222. The predicted molar refractivity (Wildman–Crippen MR) is 90.6 cm³/mol. The Hall–Kier alpha value is -2.66. The van der Waals surface area contributed by atoms with Gasteiger partial charge in [-0.1, -0.05) is 24.3 Å². The van der Waals surface area contributed by atoms with Crippen molar-refractivity contribution in [1.29, 1.82) is 0 Å². The number of rotatable bonds is 7. The van der Waals surface area contributed by atoms with Crippen LogP contribution >= 0.6 is 0 Å². The fourth-order valence-corrected chi connectivity index (χ4v) is 2.48. The smallest absolute Gasteiger partial charge is 0.137 e. The van der Waals surface area contributed by atoms with Gasteiger partial charge >= 0.3 is 0 Å². The first kappa shape index (κ1) is 15.2. The minimum absolute atomic E-state index is 0.196. The Labute approximate surface area is 135 Å². The molecule has 3 rings (SSSR count). The predicted octanol–water partition coefficient (Wildman–Crippen LogP) is 2.66. The highest BCUT2D eigenvalue weighted by molar-refractivity contribution is 5.46. The molecule has 0 spiro atoms. The third-order valence-electron chi connectivity index (χ3n) is 3.66. The summed E-state index contributed by atoms with van der Waals surface area (Å²) < 4.78 is 1.88. The third-order valence-corrected chi connectivity index (χ3v) is 3.66. The number of aromatic nitrogens is 3. The minimum Gasteiger partial charge on any atom is -0.396 e. The van der Waals surface area contributed by atoms with Crippen LogP contribution in [0.5, 0.6) is 0 Å². The van der Waals surface area contributed by atoms with Gasteiger partial charge < -0.3 is 10.0 Å². The van der Waals surface area contributed by atoms with E-state index in [0.29, 0.717) is 0 Å². The molecule has 0 saturated heterocycles. The number of hydrogen-bond acceptors (Lipinski definition) is 4. The summed E-state index contributed by atoms with van der Waals surface area (Å²) in [6.07, 6.45) is 7.99. The van der Waals surface area contributed by atoms with Crippen LogP contribution in [0, 0.1) is 0 Å². The Morgan fingerprint density at radius 3 is 2.61 bits per heavy atom. The lowest BCUT2D eigenvalue weighted by molar-refractivity contribution is 0.289. The van der Waals surface area contributed by atoms with Gasteiger partial charge in [-0.05, 0) is 30.2 Å². The van der Waals surface area contributed by atoms with E-state index in [1.54, 1.807) is 12.5 Å². The van der Waals surface area contributed by atoms with E-state index in [4.69, 9.17) is 5.11 Å². The van der Waals surface area contributed by atoms with E-state index >= 15 is 0 Å². The molecule has 23 heavy (non-hydrogen) atoms. The van der Waals surface area contributed by atoms with Crippen LogP contribution in [0.1, 0.15) is 12.0 Å². The quantitative estimate of drug-likeness (QED) is 0.729. The van der Waals surface area contributed by atoms with E-state index in [1.807, 2.05) is 41.2 Å². The lowest BCUT2D eigenvalue weighted by atomic mass is 10.2. The van der Waals surface area contributed by atoms with Crippen molar-refractivity contribution in [2.75, 3.05) is 18.1 Å². The Balaban J connectivity index is 1.74. The van der Waals surface area contributed by atoms with E-state index in [9.17, 15) is 0 Å². The molecule has 1 N–H and O–H groups in total. The third kappa shape index (κ3) is 3.96. The molecule has 0 radical (unpaired) electrons. The number of para-hydroxylation sites is 1. The van der Waals surface area contributed by atoms with Gasteiger partial charge in [-0.2, -0.15) is 0 Å². The molecule has 0 amide bonds. The normalized spacial score (nSPS) is 10.7. The second-order valence-electron chi connectivity index (χ2n) is 5.33. The number of pyridine rings is 1. The molecule has 2 aromatic heterocycles. The average Bonchev–Trinajstić information content (AvgIpc) is 3.14. The van der Waals surface area contributed by atoms with E-state index in [-0.39, 0.29) is 6.61 Å². The summed E-state index contributed by atoms with van der Waals surface area (Å²) in [6.45, 7) is 1.77. The topological polar surface area (TPSA) is 54.2 Å². The number of anilines is 1. The van der Waals surface area contributed by atoms with E-state index in [2.05, 4.69) is 33.1 Å². The Morgan fingerprint density at radius 2 is 1.96 bits per heavy atom. The molecule has 5 heteroatoms. The maximum atomic E-state index is 9.12. The highest BCUT2D eigenvalue weighted by Gasteiger charge is 2.07. The lowest BCUT2D eigenvalue weighted by Gasteiger charge is -2.24. The molecule has 5 nitrogen and oxygen atoms in total. The van der Waals surface area contributed by atoms with Crippen molar-refractivity contribution in [1.82, 2.24) is 14.5 Å². The number of hydrogen-bond donors (Lipinski definition) is 1. The number of nitrogens with zero attached hydrogens (tertiary/aromatic N) is 4. The summed E-state index contributed by atoms with van der Waals surface area (Å²) in [4.78, 5) is 10.8. The zero-order valence-electron chi connectivity index (χ0n) is 12.9. The molecule has 118 valence electrons. The molecule has 1 aromatic carbocycles.